The van der Waals surface area contributed by atoms with Gasteiger partial charge in [-0.25, -0.2) is 4.79 Å². The molecule has 1 fully saturated rings. The van der Waals surface area contributed by atoms with Crippen molar-refractivity contribution in [2.75, 3.05) is 6.54 Å². The minimum absolute atomic E-state index is 0.147. The van der Waals surface area contributed by atoms with Crippen molar-refractivity contribution in [2.24, 2.45) is 5.92 Å². The Hall–Kier alpha value is -1.07. The van der Waals surface area contributed by atoms with Gasteiger partial charge in [0.25, 0.3) is 0 Å². The Morgan fingerprint density at radius 3 is 2.65 bits per heavy atom. The lowest BCUT2D eigenvalue weighted by Crippen LogP contribution is -2.32. The molecule has 0 amide bonds. The average Bonchev–Trinajstić information content (AvgIpc) is 2.70. The molecule has 1 aliphatic carbocycles. The molecule has 1 atom stereocenters. The van der Waals surface area contributed by atoms with Crippen molar-refractivity contribution < 1.29 is 0 Å². The van der Waals surface area contributed by atoms with Crippen LogP contribution in [0.5, 0.6) is 0 Å². The molecule has 0 spiro atoms. The molecule has 0 saturated heterocycles. The van der Waals surface area contributed by atoms with E-state index < -0.39 is 0 Å². The van der Waals surface area contributed by atoms with E-state index >= 15 is 0 Å². The van der Waals surface area contributed by atoms with Gasteiger partial charge < -0.3 is 15.3 Å². The summed E-state index contributed by atoms with van der Waals surface area (Å²) >= 11 is 3.66. The van der Waals surface area contributed by atoms with E-state index in [4.69, 9.17) is 0 Å². The van der Waals surface area contributed by atoms with Crippen molar-refractivity contribution in [3.8, 4) is 0 Å². The minimum Gasteiger partial charge on any atom is -0.310 e. The fraction of sp³-hybridized carbons (Fsp3) is 0.533. The number of fused-ring (bicyclic) bond motifs is 1. The highest BCUT2D eigenvalue weighted by molar-refractivity contribution is 9.10. The molecule has 20 heavy (non-hydrogen) atoms. The second-order valence-electron chi connectivity index (χ2n) is 5.62. The molecule has 1 heterocycles. The van der Waals surface area contributed by atoms with Crippen LogP contribution in [-0.4, -0.2) is 16.5 Å². The lowest BCUT2D eigenvalue weighted by molar-refractivity contribution is 0.230. The molecule has 5 heteroatoms. The molecule has 1 aromatic heterocycles. The van der Waals surface area contributed by atoms with Gasteiger partial charge in [-0.2, -0.15) is 0 Å². The zero-order valence-electron chi connectivity index (χ0n) is 11.6. The number of imidazole rings is 1. The van der Waals surface area contributed by atoms with Gasteiger partial charge in [0, 0.05) is 10.5 Å². The van der Waals surface area contributed by atoms with Crippen LogP contribution in [0, 0.1) is 5.92 Å². The molecule has 108 valence electrons. The van der Waals surface area contributed by atoms with Crippen molar-refractivity contribution in [3.63, 3.8) is 0 Å². The minimum atomic E-state index is -0.147. The average molecular weight is 338 g/mol. The molecule has 1 saturated carbocycles. The van der Waals surface area contributed by atoms with Gasteiger partial charge in [-0.1, -0.05) is 29.3 Å². The Morgan fingerprint density at radius 1 is 1.35 bits per heavy atom. The van der Waals surface area contributed by atoms with Crippen LogP contribution in [0.4, 0.5) is 0 Å². The zero-order valence-corrected chi connectivity index (χ0v) is 13.2. The second-order valence-corrected chi connectivity index (χ2v) is 6.48. The quantitative estimate of drug-likeness (QED) is 0.782. The number of hydrogen-bond acceptors (Lipinski definition) is 2. The van der Waals surface area contributed by atoms with E-state index in [0.29, 0.717) is 12.0 Å². The van der Waals surface area contributed by atoms with Crippen molar-refractivity contribution in [3.05, 3.63) is 32.7 Å². The van der Waals surface area contributed by atoms with E-state index in [1.54, 1.807) is 0 Å². The van der Waals surface area contributed by atoms with E-state index in [9.17, 15) is 4.79 Å². The topological polar surface area (TPSA) is 60.7 Å². The van der Waals surface area contributed by atoms with Crippen LogP contribution < -0.4 is 11.0 Å². The smallest absolute Gasteiger partial charge is 0.310 e. The predicted octanol–water partition coefficient (Wildman–Crippen LogP) is 3.46. The summed E-state index contributed by atoms with van der Waals surface area (Å²) in [5.74, 6) is 0.709. The molecule has 0 bridgehead atoms. The maximum absolute atomic E-state index is 11.4. The van der Waals surface area contributed by atoms with Crippen LogP contribution in [0.1, 0.15) is 44.2 Å². The number of rotatable bonds is 5. The first-order valence-electron chi connectivity index (χ1n) is 7.34. The van der Waals surface area contributed by atoms with Crippen LogP contribution in [0.15, 0.2) is 21.4 Å². The van der Waals surface area contributed by atoms with Gasteiger partial charge in [0.1, 0.15) is 0 Å². The summed E-state index contributed by atoms with van der Waals surface area (Å²) < 4.78 is 1.07. The van der Waals surface area contributed by atoms with Gasteiger partial charge in [-0.15, -0.1) is 0 Å². The Morgan fingerprint density at radius 2 is 2.05 bits per heavy atom. The molecular formula is C15H20BrN3O. The first-order valence-corrected chi connectivity index (χ1v) is 8.13. The second kappa shape index (κ2) is 5.74. The first-order chi connectivity index (χ1) is 9.69. The summed E-state index contributed by atoms with van der Waals surface area (Å²) in [6, 6.07) is 4.48. The molecule has 0 radical (unpaired) electrons. The maximum atomic E-state index is 11.4. The Bertz CT molecular complexity index is 657. The molecule has 2 aromatic rings. The van der Waals surface area contributed by atoms with E-state index in [1.165, 1.54) is 24.8 Å². The summed E-state index contributed by atoms with van der Waals surface area (Å²) in [5.41, 5.74) is 2.85. The third-order valence-corrected chi connectivity index (χ3v) is 4.89. The largest absolute Gasteiger partial charge is 0.323 e. The molecule has 1 unspecified atom stereocenters. The normalized spacial score (nSPS) is 17.3. The third-order valence-electron chi connectivity index (χ3n) is 4.20. The lowest BCUT2D eigenvalue weighted by atomic mass is 9.77. The van der Waals surface area contributed by atoms with Crippen LogP contribution in [0.2, 0.25) is 0 Å². The lowest BCUT2D eigenvalue weighted by Gasteiger charge is -2.35. The fourth-order valence-corrected chi connectivity index (χ4v) is 3.50. The standard InChI is InChI=1S/C15H20BrN3O/c1-2-6-17-14(9-4-3-5-9)10-7-12-13(8-11(10)16)19-15(20)18-12/h7-9,14,17H,2-6H2,1H3,(H2,18,19,20). The summed E-state index contributed by atoms with van der Waals surface area (Å²) in [6.07, 6.45) is 5.03. The molecular weight excluding hydrogens is 318 g/mol. The molecule has 1 aromatic carbocycles. The van der Waals surface area contributed by atoms with Crippen LogP contribution in [0.3, 0.4) is 0 Å². The van der Waals surface area contributed by atoms with E-state index in [2.05, 4.69) is 44.2 Å². The monoisotopic (exact) mass is 337 g/mol. The van der Waals surface area contributed by atoms with Gasteiger partial charge in [-0.05, 0) is 49.4 Å². The van der Waals surface area contributed by atoms with Crippen LogP contribution >= 0.6 is 15.9 Å². The van der Waals surface area contributed by atoms with Crippen LogP contribution in [0.25, 0.3) is 11.0 Å². The Kier molecular flexibility index (Phi) is 3.98. The van der Waals surface area contributed by atoms with Gasteiger partial charge in [-0.3, -0.25) is 0 Å². The number of aromatic amines is 2. The fourth-order valence-electron chi connectivity index (χ4n) is 2.91. The Balaban J connectivity index is 1.99. The van der Waals surface area contributed by atoms with Gasteiger partial charge in [0.05, 0.1) is 11.0 Å². The van der Waals surface area contributed by atoms with Crippen molar-refractivity contribution in [1.82, 2.24) is 15.3 Å². The van der Waals surface area contributed by atoms with Crippen molar-refractivity contribution in [1.29, 1.82) is 0 Å². The summed E-state index contributed by atoms with van der Waals surface area (Å²) in [6.45, 7) is 3.21. The van der Waals surface area contributed by atoms with Gasteiger partial charge >= 0.3 is 5.69 Å². The van der Waals surface area contributed by atoms with E-state index in [1.807, 2.05) is 6.07 Å². The molecule has 3 N–H and O–H groups in total. The number of H-pyrrole nitrogens is 2. The molecule has 3 rings (SSSR count). The number of halogens is 1. The van der Waals surface area contributed by atoms with E-state index in [-0.39, 0.29) is 5.69 Å². The highest BCUT2D eigenvalue weighted by Gasteiger charge is 2.29. The molecule has 1 aliphatic rings. The van der Waals surface area contributed by atoms with Crippen LogP contribution in [-0.2, 0) is 0 Å². The number of hydrogen-bond donors (Lipinski definition) is 3. The zero-order chi connectivity index (χ0) is 14.1. The number of benzene rings is 1. The SMILES string of the molecule is CCCNC(c1cc2[nH]c(=O)[nH]c2cc1Br)C1CCC1. The van der Waals surface area contributed by atoms with Gasteiger partial charge in [0.15, 0.2) is 0 Å². The number of aromatic nitrogens is 2. The number of nitrogens with one attached hydrogen (secondary N) is 3. The maximum Gasteiger partial charge on any atom is 0.323 e. The summed E-state index contributed by atoms with van der Waals surface area (Å²) in [5, 5.41) is 3.67. The Labute approximate surface area is 126 Å². The first kappa shape index (κ1) is 13.9. The third kappa shape index (κ3) is 2.56. The van der Waals surface area contributed by atoms with Crippen molar-refractivity contribution in [2.45, 2.75) is 38.6 Å². The highest BCUT2D eigenvalue weighted by atomic mass is 79.9. The molecule has 0 aliphatic heterocycles. The highest BCUT2D eigenvalue weighted by Crippen LogP contribution is 2.40. The van der Waals surface area contributed by atoms with Crippen molar-refractivity contribution >= 4 is 27.0 Å². The van der Waals surface area contributed by atoms with E-state index in [0.717, 1.165) is 28.5 Å². The molecule has 4 nitrogen and oxygen atoms in total. The summed E-state index contributed by atoms with van der Waals surface area (Å²) in [7, 11) is 0. The summed E-state index contributed by atoms with van der Waals surface area (Å²) in [4.78, 5) is 17.1. The van der Waals surface area contributed by atoms with Gasteiger partial charge in [0.2, 0.25) is 0 Å². The predicted molar refractivity (Wildman–Crippen MR) is 85.0 cm³/mol.